The fourth-order valence-corrected chi connectivity index (χ4v) is 4.58. The van der Waals surface area contributed by atoms with Crippen molar-refractivity contribution in [2.75, 3.05) is 12.4 Å². The lowest BCUT2D eigenvalue weighted by Gasteiger charge is -2.09. The number of methoxy groups -OCH3 is 1. The maximum atomic E-state index is 12.5. The molecule has 0 unspecified atom stereocenters. The number of nitrogens with one attached hydrogen (secondary N) is 3. The fourth-order valence-electron chi connectivity index (χ4n) is 3.72. The van der Waals surface area contributed by atoms with E-state index in [0.29, 0.717) is 17.5 Å². The molecule has 196 valence electrons. The number of hydrazine groups is 1. The molecule has 0 aliphatic carbocycles. The zero-order valence-electron chi connectivity index (χ0n) is 20.8. The molecule has 0 saturated heterocycles. The van der Waals surface area contributed by atoms with Crippen molar-refractivity contribution in [3.05, 3.63) is 115 Å². The number of hydrogen-bond donors (Lipinski definition) is 3. The zero-order valence-corrected chi connectivity index (χ0v) is 21.6. The molecule has 0 spiro atoms. The second-order valence-corrected chi connectivity index (χ2v) is 9.99. The molecule has 3 N–H and O–H groups in total. The summed E-state index contributed by atoms with van der Waals surface area (Å²) in [6.07, 6.45) is 0. The average Bonchev–Trinajstić information content (AvgIpc) is 3.41. The van der Waals surface area contributed by atoms with Gasteiger partial charge >= 0.3 is 0 Å². The first-order valence-electron chi connectivity index (χ1n) is 11.8. The molecule has 0 aliphatic heterocycles. The minimum atomic E-state index is -3.88. The van der Waals surface area contributed by atoms with Crippen LogP contribution >= 0.6 is 0 Å². The largest absolute Gasteiger partial charge is 0.497 e. The molecule has 1 aromatic heterocycles. The van der Waals surface area contributed by atoms with Gasteiger partial charge in [-0.2, -0.15) is 4.98 Å². The van der Waals surface area contributed by atoms with Crippen molar-refractivity contribution >= 4 is 27.6 Å². The van der Waals surface area contributed by atoms with Crippen molar-refractivity contribution in [1.82, 2.24) is 25.0 Å². The summed E-state index contributed by atoms with van der Waals surface area (Å²) in [4.78, 5) is 19.3. The van der Waals surface area contributed by atoms with Crippen LogP contribution in [0.4, 0.5) is 11.6 Å². The van der Waals surface area contributed by atoms with Crippen LogP contribution in [0.25, 0.3) is 17.1 Å². The molecular weight excluding hydrogens is 516 g/mol. The van der Waals surface area contributed by atoms with E-state index in [2.05, 4.69) is 20.7 Å². The number of rotatable bonds is 9. The number of hydrogen-bond acceptors (Lipinski definition) is 7. The van der Waals surface area contributed by atoms with Crippen LogP contribution in [0, 0.1) is 0 Å². The van der Waals surface area contributed by atoms with Crippen LogP contribution in [-0.2, 0) is 10.0 Å². The van der Waals surface area contributed by atoms with Gasteiger partial charge in [0.1, 0.15) is 5.75 Å². The Balaban J connectivity index is 1.32. The lowest BCUT2D eigenvalue weighted by Crippen LogP contribution is -2.41. The maximum Gasteiger partial charge on any atom is 0.266 e. The summed E-state index contributed by atoms with van der Waals surface area (Å²) in [5.74, 6) is 1.12. The number of sulfonamides is 1. The molecule has 0 bridgehead atoms. The molecule has 1 amide bonds. The quantitative estimate of drug-likeness (QED) is 0.238. The summed E-state index contributed by atoms with van der Waals surface area (Å²) >= 11 is 0. The van der Waals surface area contributed by atoms with Crippen LogP contribution in [0.15, 0.2) is 114 Å². The van der Waals surface area contributed by atoms with Gasteiger partial charge in [-0.15, -0.1) is 9.93 Å². The molecule has 0 saturated carbocycles. The van der Waals surface area contributed by atoms with Crippen molar-refractivity contribution in [2.45, 2.75) is 4.90 Å². The topological polar surface area (TPSA) is 127 Å². The van der Waals surface area contributed by atoms with E-state index in [1.165, 1.54) is 12.1 Å². The van der Waals surface area contributed by atoms with Gasteiger partial charge in [-0.1, -0.05) is 36.4 Å². The van der Waals surface area contributed by atoms with Gasteiger partial charge in [0.05, 0.1) is 17.7 Å². The zero-order chi connectivity index (χ0) is 27.2. The summed E-state index contributed by atoms with van der Waals surface area (Å²) in [7, 11) is -2.27. The smallest absolute Gasteiger partial charge is 0.266 e. The first kappa shape index (κ1) is 25.6. The molecule has 4 aromatic carbocycles. The van der Waals surface area contributed by atoms with Gasteiger partial charge in [0, 0.05) is 16.8 Å². The van der Waals surface area contributed by atoms with Crippen LogP contribution < -0.4 is 20.3 Å². The highest BCUT2D eigenvalue weighted by atomic mass is 32.2. The predicted molar refractivity (Wildman–Crippen MR) is 147 cm³/mol. The summed E-state index contributed by atoms with van der Waals surface area (Å²) in [5.41, 5.74) is 4.83. The van der Waals surface area contributed by atoms with E-state index in [1.807, 2.05) is 54.6 Å². The molecule has 11 heteroatoms. The van der Waals surface area contributed by atoms with Crippen LogP contribution in [0.3, 0.4) is 0 Å². The van der Waals surface area contributed by atoms with E-state index < -0.39 is 15.9 Å². The standard InChI is InChI=1S/C28H24N6O4S/c1-38-24-18-14-20(15-19-24)26-30-28(32-34(26)23-8-4-2-5-9-23)29-22-16-12-21(13-17-22)27(35)31-33-39(36,37)25-10-6-3-7-11-25/h2-19,33H,1H3,(H,29,32)(H,31,35). The first-order chi connectivity index (χ1) is 18.9. The van der Waals surface area contributed by atoms with Gasteiger partial charge in [0.25, 0.3) is 15.9 Å². The Morgan fingerprint density at radius 2 is 1.46 bits per heavy atom. The number of amides is 1. The Kier molecular flexibility index (Phi) is 7.34. The van der Waals surface area contributed by atoms with E-state index in [1.54, 1.807) is 54.3 Å². The third-order valence-electron chi connectivity index (χ3n) is 5.71. The summed E-state index contributed by atoms with van der Waals surface area (Å²) < 4.78 is 31.7. The van der Waals surface area contributed by atoms with Crippen LogP contribution in [0.1, 0.15) is 10.4 Å². The van der Waals surface area contributed by atoms with Crippen LogP contribution in [0.5, 0.6) is 5.75 Å². The van der Waals surface area contributed by atoms with E-state index >= 15 is 0 Å². The number of aromatic nitrogens is 3. The molecule has 0 fully saturated rings. The SMILES string of the molecule is COc1ccc(-c2nc(Nc3ccc(C(=O)NNS(=O)(=O)c4ccccc4)cc3)nn2-c2ccccc2)cc1. The lowest BCUT2D eigenvalue weighted by atomic mass is 10.2. The van der Waals surface area contributed by atoms with Gasteiger partial charge in [-0.05, 0) is 72.8 Å². The lowest BCUT2D eigenvalue weighted by molar-refractivity contribution is 0.0945. The number of para-hydroxylation sites is 1. The Morgan fingerprint density at radius 1 is 0.821 bits per heavy atom. The Morgan fingerprint density at radius 3 is 2.10 bits per heavy atom. The highest BCUT2D eigenvalue weighted by Crippen LogP contribution is 2.26. The molecule has 10 nitrogen and oxygen atoms in total. The van der Waals surface area contributed by atoms with E-state index in [-0.39, 0.29) is 10.5 Å². The first-order valence-corrected chi connectivity index (χ1v) is 13.3. The van der Waals surface area contributed by atoms with Gasteiger partial charge in [0.2, 0.25) is 5.95 Å². The molecule has 5 aromatic rings. The third-order valence-corrected chi connectivity index (χ3v) is 6.98. The number of carbonyl (C=O) groups excluding carboxylic acids is 1. The van der Waals surface area contributed by atoms with Crippen molar-refractivity contribution in [3.8, 4) is 22.8 Å². The molecule has 0 atom stereocenters. The molecule has 1 heterocycles. The minimum Gasteiger partial charge on any atom is -0.497 e. The van der Waals surface area contributed by atoms with Gasteiger partial charge in [-0.3, -0.25) is 10.2 Å². The Hall–Kier alpha value is -5.00. The third kappa shape index (κ3) is 5.95. The van der Waals surface area contributed by atoms with Gasteiger partial charge < -0.3 is 10.1 Å². The molecule has 39 heavy (non-hydrogen) atoms. The summed E-state index contributed by atoms with van der Waals surface area (Å²) in [6.45, 7) is 0. The normalized spacial score (nSPS) is 11.1. The van der Waals surface area contributed by atoms with Crippen molar-refractivity contribution in [1.29, 1.82) is 0 Å². The van der Waals surface area contributed by atoms with E-state index in [0.717, 1.165) is 17.0 Å². The fraction of sp³-hybridized carbons (Fsp3) is 0.0357. The number of nitrogens with zero attached hydrogens (tertiary/aromatic N) is 3. The highest BCUT2D eigenvalue weighted by Gasteiger charge is 2.16. The van der Waals surface area contributed by atoms with Crippen LogP contribution in [0.2, 0.25) is 0 Å². The molecule has 5 rings (SSSR count). The van der Waals surface area contributed by atoms with Gasteiger partial charge in [-0.25, -0.2) is 13.1 Å². The highest BCUT2D eigenvalue weighted by molar-refractivity contribution is 7.89. The second kappa shape index (κ2) is 11.2. The minimum absolute atomic E-state index is 0.0429. The molecule has 0 aliphatic rings. The summed E-state index contributed by atoms with van der Waals surface area (Å²) in [5, 5.41) is 7.80. The number of carbonyl (C=O) groups is 1. The molecular formula is C28H24N6O4S. The number of benzene rings is 4. The van der Waals surface area contributed by atoms with Crippen molar-refractivity contribution in [3.63, 3.8) is 0 Å². The number of ether oxygens (including phenoxy) is 1. The average molecular weight is 541 g/mol. The van der Waals surface area contributed by atoms with E-state index in [4.69, 9.17) is 9.72 Å². The second-order valence-electron chi connectivity index (χ2n) is 8.31. The van der Waals surface area contributed by atoms with Crippen molar-refractivity contribution < 1.29 is 17.9 Å². The number of anilines is 2. The maximum absolute atomic E-state index is 12.5. The Labute approximate surface area is 225 Å². The van der Waals surface area contributed by atoms with Crippen LogP contribution in [-0.4, -0.2) is 36.2 Å². The van der Waals surface area contributed by atoms with Crippen molar-refractivity contribution in [2.24, 2.45) is 0 Å². The molecule has 0 radical (unpaired) electrons. The van der Waals surface area contributed by atoms with Gasteiger partial charge in [0.15, 0.2) is 5.82 Å². The summed E-state index contributed by atoms with van der Waals surface area (Å²) in [6, 6.07) is 31.4. The predicted octanol–water partition coefficient (Wildman–Crippen LogP) is 4.31. The monoisotopic (exact) mass is 540 g/mol. The van der Waals surface area contributed by atoms with E-state index in [9.17, 15) is 13.2 Å². The Bertz CT molecular complexity index is 1670.